The van der Waals surface area contributed by atoms with Gasteiger partial charge in [0.2, 0.25) is 5.91 Å². The molecular formula is C27H27FN2O3. The summed E-state index contributed by atoms with van der Waals surface area (Å²) in [4.78, 5) is 27.6. The summed E-state index contributed by atoms with van der Waals surface area (Å²) in [5.74, 6) is -0.229. The second-order valence-electron chi connectivity index (χ2n) is 7.39. The highest BCUT2D eigenvalue weighted by Gasteiger charge is 2.21. The van der Waals surface area contributed by atoms with Gasteiger partial charge in [0.15, 0.2) is 0 Å². The van der Waals surface area contributed by atoms with Crippen LogP contribution in [0.1, 0.15) is 23.6 Å². The van der Waals surface area contributed by atoms with Gasteiger partial charge in [-0.3, -0.25) is 9.59 Å². The molecule has 0 aliphatic rings. The highest BCUT2D eigenvalue weighted by Crippen LogP contribution is 2.26. The van der Waals surface area contributed by atoms with E-state index in [9.17, 15) is 14.0 Å². The van der Waals surface area contributed by atoms with Crippen LogP contribution in [0.25, 0.3) is 11.6 Å². The molecule has 3 rings (SSSR count). The number of nitrogens with one attached hydrogen (secondary N) is 1. The van der Waals surface area contributed by atoms with Crippen molar-refractivity contribution in [3.8, 4) is 5.75 Å². The second-order valence-corrected chi connectivity index (χ2v) is 7.39. The maximum absolute atomic E-state index is 13.5. The van der Waals surface area contributed by atoms with E-state index in [1.165, 1.54) is 17.0 Å². The molecule has 0 spiro atoms. The number of likely N-dealkylation sites (N-methyl/N-ethyl adjacent to an activating group) is 1. The van der Waals surface area contributed by atoms with Crippen LogP contribution in [0.5, 0.6) is 5.75 Å². The van der Waals surface area contributed by atoms with Crippen LogP contribution < -0.4 is 10.1 Å². The van der Waals surface area contributed by atoms with Crippen molar-refractivity contribution in [1.82, 2.24) is 10.2 Å². The molecule has 1 N–H and O–H groups in total. The largest absolute Gasteiger partial charge is 0.496 e. The molecule has 0 atom stereocenters. The Hall–Kier alpha value is -3.93. The van der Waals surface area contributed by atoms with Gasteiger partial charge < -0.3 is 15.0 Å². The Bertz CT molecular complexity index is 1110. The van der Waals surface area contributed by atoms with E-state index in [1.54, 1.807) is 25.3 Å². The van der Waals surface area contributed by atoms with Gasteiger partial charge in [0.05, 0.1) is 13.7 Å². The monoisotopic (exact) mass is 446 g/mol. The summed E-state index contributed by atoms with van der Waals surface area (Å²) in [6.45, 7) is 2.36. The van der Waals surface area contributed by atoms with E-state index < -0.39 is 0 Å². The fourth-order valence-corrected chi connectivity index (χ4v) is 3.36. The van der Waals surface area contributed by atoms with E-state index in [2.05, 4.69) is 5.32 Å². The number of carbonyl (C=O) groups is 2. The number of nitrogens with zero attached hydrogens (tertiary/aromatic N) is 1. The van der Waals surface area contributed by atoms with E-state index in [-0.39, 0.29) is 30.7 Å². The molecule has 0 radical (unpaired) electrons. The molecule has 0 saturated carbocycles. The molecule has 0 aliphatic heterocycles. The number of carbonyl (C=O) groups excluding carboxylic acids is 2. The zero-order valence-electron chi connectivity index (χ0n) is 18.8. The standard InChI is InChI=1S/C27H27FN2O3/c1-3-30(19-26(31)29-18-20-13-15-23(28)16-14-20)27(32)24(21-9-5-4-6-10-21)17-22-11-7-8-12-25(22)33-2/h4-17H,3,18-19H2,1-2H3,(H,29,31)/b24-17+. The number of hydrogen-bond donors (Lipinski definition) is 1. The summed E-state index contributed by atoms with van der Waals surface area (Å²) < 4.78 is 18.5. The minimum absolute atomic E-state index is 0.0906. The SMILES string of the molecule is CCN(CC(=O)NCc1ccc(F)cc1)C(=O)/C(=C/c1ccccc1OC)c1ccccc1. The number of halogens is 1. The molecule has 0 aliphatic carbocycles. The van der Waals surface area contributed by atoms with E-state index >= 15 is 0 Å². The van der Waals surface area contributed by atoms with E-state index in [0.29, 0.717) is 17.9 Å². The summed E-state index contributed by atoms with van der Waals surface area (Å²) in [6, 6.07) is 22.7. The van der Waals surface area contributed by atoms with Crippen LogP contribution in [-0.4, -0.2) is 36.9 Å². The van der Waals surface area contributed by atoms with Crippen molar-refractivity contribution in [3.05, 3.63) is 101 Å². The van der Waals surface area contributed by atoms with Crippen LogP contribution in [0.4, 0.5) is 4.39 Å². The molecule has 0 bridgehead atoms. The van der Waals surface area contributed by atoms with Crippen LogP contribution >= 0.6 is 0 Å². The third-order valence-corrected chi connectivity index (χ3v) is 5.16. The number of para-hydroxylation sites is 1. The Morgan fingerprint density at radius 2 is 1.64 bits per heavy atom. The quantitative estimate of drug-likeness (QED) is 0.388. The lowest BCUT2D eigenvalue weighted by molar-refractivity contribution is -0.131. The number of benzene rings is 3. The lowest BCUT2D eigenvalue weighted by Gasteiger charge is -2.22. The predicted molar refractivity (Wildman–Crippen MR) is 128 cm³/mol. The number of amides is 2. The molecule has 0 aromatic heterocycles. The van der Waals surface area contributed by atoms with Crippen molar-refractivity contribution in [2.75, 3.05) is 20.2 Å². The Labute approximate surface area is 193 Å². The maximum Gasteiger partial charge on any atom is 0.254 e. The molecule has 0 heterocycles. The van der Waals surface area contributed by atoms with Gasteiger partial charge in [0, 0.05) is 24.2 Å². The molecule has 3 aromatic rings. The van der Waals surface area contributed by atoms with E-state index in [1.807, 2.05) is 61.5 Å². The van der Waals surface area contributed by atoms with Crippen LogP contribution in [0.15, 0.2) is 78.9 Å². The first-order valence-corrected chi connectivity index (χ1v) is 10.7. The van der Waals surface area contributed by atoms with Crippen molar-refractivity contribution in [3.63, 3.8) is 0 Å². The van der Waals surface area contributed by atoms with Crippen LogP contribution in [-0.2, 0) is 16.1 Å². The van der Waals surface area contributed by atoms with Gasteiger partial charge in [-0.15, -0.1) is 0 Å². The smallest absolute Gasteiger partial charge is 0.254 e. The molecule has 0 fully saturated rings. The highest BCUT2D eigenvalue weighted by molar-refractivity contribution is 6.24. The first-order chi connectivity index (χ1) is 16.0. The molecular weight excluding hydrogens is 419 g/mol. The fraction of sp³-hybridized carbons (Fsp3) is 0.185. The minimum Gasteiger partial charge on any atom is -0.496 e. The fourth-order valence-electron chi connectivity index (χ4n) is 3.36. The second kappa shape index (κ2) is 11.6. The van der Waals surface area contributed by atoms with Gasteiger partial charge in [-0.2, -0.15) is 0 Å². The number of methoxy groups -OCH3 is 1. The van der Waals surface area contributed by atoms with Crippen molar-refractivity contribution < 1.29 is 18.7 Å². The third-order valence-electron chi connectivity index (χ3n) is 5.16. The van der Waals surface area contributed by atoms with Gasteiger partial charge >= 0.3 is 0 Å². The van der Waals surface area contributed by atoms with Gasteiger partial charge in [0.1, 0.15) is 11.6 Å². The van der Waals surface area contributed by atoms with Gasteiger partial charge in [0.25, 0.3) is 5.91 Å². The molecule has 170 valence electrons. The number of ether oxygens (including phenoxy) is 1. The van der Waals surface area contributed by atoms with Crippen molar-refractivity contribution >= 4 is 23.5 Å². The molecule has 2 amide bonds. The third kappa shape index (κ3) is 6.53. The minimum atomic E-state index is -0.330. The Morgan fingerprint density at radius 3 is 2.30 bits per heavy atom. The van der Waals surface area contributed by atoms with E-state index in [0.717, 1.165) is 16.7 Å². The highest BCUT2D eigenvalue weighted by atomic mass is 19.1. The molecule has 3 aromatic carbocycles. The topological polar surface area (TPSA) is 58.6 Å². The first kappa shape index (κ1) is 23.7. The zero-order valence-corrected chi connectivity index (χ0v) is 18.8. The van der Waals surface area contributed by atoms with Crippen LogP contribution in [0.3, 0.4) is 0 Å². The molecule has 6 heteroatoms. The summed E-state index contributed by atoms with van der Waals surface area (Å²) in [5, 5.41) is 2.79. The first-order valence-electron chi connectivity index (χ1n) is 10.7. The summed E-state index contributed by atoms with van der Waals surface area (Å²) in [5.41, 5.74) is 2.76. The van der Waals surface area contributed by atoms with Gasteiger partial charge in [-0.25, -0.2) is 4.39 Å². The Kier molecular flexibility index (Phi) is 8.36. The summed E-state index contributed by atoms with van der Waals surface area (Å²) >= 11 is 0. The van der Waals surface area contributed by atoms with Crippen molar-refractivity contribution in [2.24, 2.45) is 0 Å². The molecule has 5 nitrogen and oxygen atoms in total. The Morgan fingerprint density at radius 1 is 0.970 bits per heavy atom. The van der Waals surface area contributed by atoms with Gasteiger partial charge in [-0.1, -0.05) is 60.7 Å². The van der Waals surface area contributed by atoms with Crippen LogP contribution in [0, 0.1) is 5.82 Å². The normalized spacial score (nSPS) is 11.1. The Balaban J connectivity index is 1.80. The number of hydrogen-bond acceptors (Lipinski definition) is 3. The number of rotatable bonds is 9. The maximum atomic E-state index is 13.5. The van der Waals surface area contributed by atoms with Crippen LogP contribution in [0.2, 0.25) is 0 Å². The average Bonchev–Trinajstić information content (AvgIpc) is 2.85. The lowest BCUT2D eigenvalue weighted by atomic mass is 10.0. The van der Waals surface area contributed by atoms with Crippen molar-refractivity contribution in [2.45, 2.75) is 13.5 Å². The molecule has 0 saturated heterocycles. The summed E-state index contributed by atoms with van der Waals surface area (Å²) in [7, 11) is 1.58. The zero-order chi connectivity index (χ0) is 23.6. The predicted octanol–water partition coefficient (Wildman–Crippen LogP) is 4.54. The lowest BCUT2D eigenvalue weighted by Crippen LogP contribution is -2.40. The van der Waals surface area contributed by atoms with Crippen molar-refractivity contribution in [1.29, 1.82) is 0 Å². The average molecular weight is 447 g/mol. The van der Waals surface area contributed by atoms with Gasteiger partial charge in [-0.05, 0) is 42.3 Å². The summed E-state index contributed by atoms with van der Waals surface area (Å²) in [6.07, 6.45) is 1.79. The molecule has 33 heavy (non-hydrogen) atoms. The molecule has 0 unspecified atom stereocenters. The van der Waals surface area contributed by atoms with E-state index in [4.69, 9.17) is 4.74 Å².